The summed E-state index contributed by atoms with van der Waals surface area (Å²) in [5, 5.41) is 12.7. The van der Waals surface area contributed by atoms with Crippen LogP contribution in [0.4, 0.5) is 4.79 Å². The van der Waals surface area contributed by atoms with E-state index < -0.39 is 0 Å². The third-order valence-electron chi connectivity index (χ3n) is 4.46. The lowest BCUT2D eigenvalue weighted by molar-refractivity contribution is 0.0492. The first kappa shape index (κ1) is 17.3. The first-order chi connectivity index (χ1) is 11.1. The van der Waals surface area contributed by atoms with Crippen molar-refractivity contribution < 1.29 is 14.6 Å². The van der Waals surface area contributed by atoms with Crippen LogP contribution in [0.3, 0.4) is 0 Å². The van der Waals surface area contributed by atoms with Crippen LogP contribution in [0, 0.1) is 5.41 Å². The standard InChI is InChI=1S/C18H26N2O3/c1-3-9-18(14-21)10-4-11-20(13-18)17(22)19-12-15-5-7-16(23-2)8-6-15/h3,5-8,21H,1,4,9-14H2,2H3,(H,19,22)/t18-/m0/s1. The van der Waals surface area contributed by atoms with Crippen molar-refractivity contribution >= 4 is 6.03 Å². The molecule has 1 aromatic carbocycles. The molecule has 0 aromatic heterocycles. The molecule has 0 radical (unpaired) electrons. The Kier molecular flexibility index (Phi) is 6.04. The van der Waals surface area contributed by atoms with E-state index in [2.05, 4.69) is 11.9 Å². The number of hydrogen-bond acceptors (Lipinski definition) is 3. The van der Waals surface area contributed by atoms with E-state index in [4.69, 9.17) is 4.74 Å². The maximum absolute atomic E-state index is 12.4. The summed E-state index contributed by atoms with van der Waals surface area (Å²) in [6.45, 7) is 5.63. The van der Waals surface area contributed by atoms with Crippen molar-refractivity contribution in [1.29, 1.82) is 0 Å². The van der Waals surface area contributed by atoms with Gasteiger partial charge in [0, 0.05) is 25.0 Å². The molecule has 1 heterocycles. The number of carbonyl (C=O) groups is 1. The van der Waals surface area contributed by atoms with Crippen LogP contribution in [-0.2, 0) is 6.54 Å². The second-order valence-corrected chi connectivity index (χ2v) is 6.18. The van der Waals surface area contributed by atoms with Crippen LogP contribution in [0.1, 0.15) is 24.8 Å². The number of hydrogen-bond donors (Lipinski definition) is 2. The predicted molar refractivity (Wildman–Crippen MR) is 90.4 cm³/mol. The Hall–Kier alpha value is -2.01. The summed E-state index contributed by atoms with van der Waals surface area (Å²) in [6.07, 6.45) is 4.39. The Morgan fingerprint density at radius 3 is 2.83 bits per heavy atom. The molecule has 2 N–H and O–H groups in total. The lowest BCUT2D eigenvalue weighted by Crippen LogP contribution is -2.50. The molecule has 1 fully saturated rings. The molecule has 1 aliphatic heterocycles. The Morgan fingerprint density at radius 1 is 1.48 bits per heavy atom. The molecule has 5 heteroatoms. The lowest BCUT2D eigenvalue weighted by Gasteiger charge is -2.41. The normalized spacial score (nSPS) is 20.9. The van der Waals surface area contributed by atoms with Gasteiger partial charge in [0.1, 0.15) is 5.75 Å². The molecule has 2 rings (SSSR count). The topological polar surface area (TPSA) is 61.8 Å². The highest BCUT2D eigenvalue weighted by Gasteiger charge is 2.35. The molecule has 23 heavy (non-hydrogen) atoms. The number of rotatable bonds is 6. The van der Waals surface area contributed by atoms with Gasteiger partial charge in [-0.15, -0.1) is 6.58 Å². The minimum Gasteiger partial charge on any atom is -0.497 e. The number of benzene rings is 1. The van der Waals surface area contributed by atoms with Crippen molar-refractivity contribution in [1.82, 2.24) is 10.2 Å². The number of likely N-dealkylation sites (tertiary alicyclic amines) is 1. The third-order valence-corrected chi connectivity index (χ3v) is 4.46. The molecule has 2 amide bonds. The van der Waals surface area contributed by atoms with Gasteiger partial charge in [0.2, 0.25) is 0 Å². The van der Waals surface area contributed by atoms with E-state index in [9.17, 15) is 9.90 Å². The van der Waals surface area contributed by atoms with Crippen LogP contribution >= 0.6 is 0 Å². The van der Waals surface area contributed by atoms with Gasteiger partial charge in [-0.1, -0.05) is 18.2 Å². The van der Waals surface area contributed by atoms with Crippen LogP contribution in [-0.4, -0.2) is 42.8 Å². The third kappa shape index (κ3) is 4.48. The second kappa shape index (κ2) is 8.02. The van der Waals surface area contributed by atoms with E-state index in [1.807, 2.05) is 30.3 Å². The van der Waals surface area contributed by atoms with Gasteiger partial charge in [-0.3, -0.25) is 0 Å². The molecule has 0 unspecified atom stereocenters. The number of ether oxygens (including phenoxy) is 1. The number of nitrogens with one attached hydrogen (secondary N) is 1. The molecule has 0 aliphatic carbocycles. The molecule has 5 nitrogen and oxygen atoms in total. The van der Waals surface area contributed by atoms with Gasteiger partial charge in [-0.25, -0.2) is 4.79 Å². The van der Waals surface area contributed by atoms with Gasteiger partial charge >= 0.3 is 6.03 Å². The van der Waals surface area contributed by atoms with Crippen LogP contribution in [0.5, 0.6) is 5.75 Å². The van der Waals surface area contributed by atoms with Crippen LogP contribution in [0.25, 0.3) is 0 Å². The van der Waals surface area contributed by atoms with Gasteiger partial charge < -0.3 is 20.1 Å². The Morgan fingerprint density at radius 2 is 2.22 bits per heavy atom. The summed E-state index contributed by atoms with van der Waals surface area (Å²) in [5.74, 6) is 0.799. The van der Waals surface area contributed by atoms with Crippen LogP contribution in [0.2, 0.25) is 0 Å². The highest BCUT2D eigenvalue weighted by molar-refractivity contribution is 5.74. The fraction of sp³-hybridized carbons (Fsp3) is 0.500. The lowest BCUT2D eigenvalue weighted by atomic mass is 9.78. The molecule has 1 aliphatic rings. The summed E-state index contributed by atoms with van der Waals surface area (Å²) >= 11 is 0. The predicted octanol–water partition coefficient (Wildman–Crippen LogP) is 2.56. The van der Waals surface area contributed by atoms with Gasteiger partial charge in [0.05, 0.1) is 13.7 Å². The van der Waals surface area contributed by atoms with Crippen molar-refractivity contribution in [3.63, 3.8) is 0 Å². The molecule has 0 saturated carbocycles. The molecule has 126 valence electrons. The SMILES string of the molecule is C=CC[C@]1(CO)CCCN(C(=O)NCc2ccc(OC)cc2)C1. The number of nitrogens with zero attached hydrogens (tertiary/aromatic N) is 1. The van der Waals surface area contributed by atoms with Crippen LogP contribution < -0.4 is 10.1 Å². The number of urea groups is 1. The molecule has 1 atom stereocenters. The number of methoxy groups -OCH3 is 1. The van der Waals surface area contributed by atoms with Gasteiger partial charge in [-0.05, 0) is 37.0 Å². The maximum atomic E-state index is 12.4. The first-order valence-corrected chi connectivity index (χ1v) is 8.00. The van der Waals surface area contributed by atoms with E-state index in [0.717, 1.165) is 37.1 Å². The van der Waals surface area contributed by atoms with Crippen molar-refractivity contribution in [3.05, 3.63) is 42.5 Å². The smallest absolute Gasteiger partial charge is 0.317 e. The van der Waals surface area contributed by atoms with Gasteiger partial charge in [-0.2, -0.15) is 0 Å². The van der Waals surface area contributed by atoms with E-state index in [1.54, 1.807) is 12.0 Å². The minimum atomic E-state index is -0.239. The highest BCUT2D eigenvalue weighted by atomic mass is 16.5. The van der Waals surface area contributed by atoms with Crippen molar-refractivity contribution in [2.75, 3.05) is 26.8 Å². The molecular formula is C18H26N2O3. The summed E-state index contributed by atoms with van der Waals surface area (Å²) in [6, 6.07) is 7.55. The number of amides is 2. The fourth-order valence-electron chi connectivity index (χ4n) is 3.08. The molecule has 1 aromatic rings. The summed E-state index contributed by atoms with van der Waals surface area (Å²) in [4.78, 5) is 14.2. The highest BCUT2D eigenvalue weighted by Crippen LogP contribution is 2.33. The van der Waals surface area contributed by atoms with Crippen LogP contribution in [0.15, 0.2) is 36.9 Å². The number of aliphatic hydroxyl groups is 1. The summed E-state index contributed by atoms with van der Waals surface area (Å²) in [5.41, 5.74) is 0.785. The summed E-state index contributed by atoms with van der Waals surface area (Å²) in [7, 11) is 1.63. The zero-order chi connectivity index (χ0) is 16.7. The molecule has 0 spiro atoms. The van der Waals surface area contributed by atoms with E-state index in [-0.39, 0.29) is 18.1 Å². The average molecular weight is 318 g/mol. The average Bonchev–Trinajstić information content (AvgIpc) is 2.60. The van der Waals surface area contributed by atoms with Crippen molar-refractivity contribution in [2.24, 2.45) is 5.41 Å². The van der Waals surface area contributed by atoms with Crippen molar-refractivity contribution in [2.45, 2.75) is 25.8 Å². The van der Waals surface area contributed by atoms with E-state index in [1.165, 1.54) is 0 Å². The van der Waals surface area contributed by atoms with Crippen molar-refractivity contribution in [3.8, 4) is 5.75 Å². The van der Waals surface area contributed by atoms with E-state index >= 15 is 0 Å². The Bertz CT molecular complexity index is 530. The minimum absolute atomic E-state index is 0.0811. The maximum Gasteiger partial charge on any atom is 0.317 e. The summed E-state index contributed by atoms with van der Waals surface area (Å²) < 4.78 is 5.12. The number of allylic oxidation sites excluding steroid dienone is 1. The second-order valence-electron chi connectivity index (χ2n) is 6.18. The Balaban J connectivity index is 1.90. The number of carbonyl (C=O) groups excluding carboxylic acids is 1. The first-order valence-electron chi connectivity index (χ1n) is 8.00. The fourth-order valence-corrected chi connectivity index (χ4v) is 3.08. The number of piperidine rings is 1. The Labute approximate surface area is 137 Å². The molecular weight excluding hydrogens is 292 g/mol. The van der Waals surface area contributed by atoms with E-state index in [0.29, 0.717) is 13.1 Å². The molecule has 1 saturated heterocycles. The zero-order valence-corrected chi connectivity index (χ0v) is 13.8. The van der Waals surface area contributed by atoms with Gasteiger partial charge in [0.25, 0.3) is 0 Å². The monoisotopic (exact) mass is 318 g/mol. The quantitative estimate of drug-likeness (QED) is 0.793. The van der Waals surface area contributed by atoms with Gasteiger partial charge in [0.15, 0.2) is 0 Å². The zero-order valence-electron chi connectivity index (χ0n) is 13.8. The number of aliphatic hydroxyl groups excluding tert-OH is 1. The largest absolute Gasteiger partial charge is 0.497 e. The molecule has 0 bridgehead atoms.